The van der Waals surface area contributed by atoms with Gasteiger partial charge >= 0.3 is 0 Å². The molecule has 3 N–H and O–H groups in total. The molecule has 0 aliphatic heterocycles. The van der Waals surface area contributed by atoms with Crippen LogP contribution in [-0.4, -0.2) is 44.7 Å². The molecular weight excluding hydrogens is 318 g/mol. The second-order valence-corrected chi connectivity index (χ2v) is 7.12. The van der Waals surface area contributed by atoms with E-state index in [0.717, 1.165) is 18.0 Å². The predicted molar refractivity (Wildman–Crippen MR) is 90.9 cm³/mol. The highest BCUT2D eigenvalue weighted by molar-refractivity contribution is 7.89. The average Bonchev–Trinajstić information content (AvgIpc) is 2.83. The molecular formula is C14H27N5O3S. The van der Waals surface area contributed by atoms with Crippen LogP contribution < -0.4 is 15.4 Å². The minimum Gasteiger partial charge on any atom is -0.444 e. The second-order valence-electron chi connectivity index (χ2n) is 5.02. The van der Waals surface area contributed by atoms with Crippen LogP contribution in [0.15, 0.2) is 9.41 Å². The van der Waals surface area contributed by atoms with Crippen molar-refractivity contribution in [3.8, 4) is 0 Å². The van der Waals surface area contributed by atoms with E-state index in [-0.39, 0.29) is 5.75 Å². The molecule has 0 aromatic carbocycles. The van der Waals surface area contributed by atoms with Gasteiger partial charge in [-0.15, -0.1) is 0 Å². The van der Waals surface area contributed by atoms with Crippen molar-refractivity contribution in [1.82, 2.24) is 20.3 Å². The van der Waals surface area contributed by atoms with E-state index in [9.17, 15) is 8.42 Å². The van der Waals surface area contributed by atoms with E-state index in [1.165, 1.54) is 0 Å². The Kier molecular flexibility index (Phi) is 8.04. The van der Waals surface area contributed by atoms with Gasteiger partial charge < -0.3 is 15.1 Å². The molecule has 1 heterocycles. The largest absolute Gasteiger partial charge is 0.444 e. The Morgan fingerprint density at radius 1 is 1.22 bits per heavy atom. The number of nitrogens with zero attached hydrogens (tertiary/aromatic N) is 2. The Morgan fingerprint density at radius 3 is 2.52 bits per heavy atom. The number of rotatable bonds is 9. The van der Waals surface area contributed by atoms with Crippen LogP contribution in [0.5, 0.6) is 0 Å². The van der Waals surface area contributed by atoms with Crippen molar-refractivity contribution in [3.05, 3.63) is 17.3 Å². The van der Waals surface area contributed by atoms with Crippen molar-refractivity contribution in [2.75, 3.05) is 25.4 Å². The fourth-order valence-corrected chi connectivity index (χ4v) is 2.38. The number of guanidine groups is 1. The summed E-state index contributed by atoms with van der Waals surface area (Å²) in [6.45, 7) is 9.46. The van der Waals surface area contributed by atoms with Gasteiger partial charge in [0.15, 0.2) is 5.96 Å². The van der Waals surface area contributed by atoms with Gasteiger partial charge in [-0.2, -0.15) is 0 Å². The van der Waals surface area contributed by atoms with E-state index in [0.29, 0.717) is 37.9 Å². The number of oxazole rings is 1. The molecule has 9 heteroatoms. The summed E-state index contributed by atoms with van der Waals surface area (Å²) < 4.78 is 30.6. The Balaban J connectivity index is 2.40. The van der Waals surface area contributed by atoms with Gasteiger partial charge in [0, 0.05) is 19.6 Å². The molecule has 1 rings (SSSR count). The van der Waals surface area contributed by atoms with Gasteiger partial charge in [-0.3, -0.25) is 0 Å². The number of sulfonamides is 1. The molecule has 0 saturated carbocycles. The van der Waals surface area contributed by atoms with Gasteiger partial charge in [0.1, 0.15) is 12.3 Å². The van der Waals surface area contributed by atoms with E-state index < -0.39 is 10.0 Å². The lowest BCUT2D eigenvalue weighted by Gasteiger charge is -2.11. The molecule has 0 fully saturated rings. The molecule has 0 saturated heterocycles. The van der Waals surface area contributed by atoms with Crippen molar-refractivity contribution in [1.29, 1.82) is 0 Å². The number of hydrogen-bond acceptors (Lipinski definition) is 5. The van der Waals surface area contributed by atoms with Crippen molar-refractivity contribution < 1.29 is 12.8 Å². The maximum absolute atomic E-state index is 11.3. The molecule has 23 heavy (non-hydrogen) atoms. The van der Waals surface area contributed by atoms with Crippen molar-refractivity contribution in [2.45, 2.75) is 40.7 Å². The molecule has 1 aromatic rings. The minimum atomic E-state index is -3.12. The molecule has 132 valence electrons. The van der Waals surface area contributed by atoms with Crippen LogP contribution in [0.25, 0.3) is 0 Å². The summed E-state index contributed by atoms with van der Waals surface area (Å²) >= 11 is 0. The van der Waals surface area contributed by atoms with E-state index >= 15 is 0 Å². The maximum atomic E-state index is 11.3. The summed E-state index contributed by atoms with van der Waals surface area (Å²) in [6, 6.07) is 0. The lowest BCUT2D eigenvalue weighted by atomic mass is 10.4. The quantitative estimate of drug-likeness (QED) is 0.345. The standard InChI is InChI=1S/C14H27N5O3S/c1-5-15-14(16-8-7-9-18-23(20,21)6-2)17-10-13-19-11(3)12(4)22-13/h18H,5-10H2,1-4H3,(H2,15,16,17). The minimum absolute atomic E-state index is 0.0967. The summed E-state index contributed by atoms with van der Waals surface area (Å²) in [6.07, 6.45) is 0.668. The maximum Gasteiger partial charge on any atom is 0.216 e. The number of aryl methyl sites for hydroxylation is 2. The van der Waals surface area contributed by atoms with E-state index in [1.807, 2.05) is 20.8 Å². The zero-order chi connectivity index (χ0) is 17.3. The molecule has 0 unspecified atom stereocenters. The molecule has 0 radical (unpaired) electrons. The lowest BCUT2D eigenvalue weighted by molar-refractivity contribution is 0.472. The Hall–Kier alpha value is -1.61. The first-order valence-electron chi connectivity index (χ1n) is 7.80. The van der Waals surface area contributed by atoms with Crippen LogP contribution in [0.3, 0.4) is 0 Å². The summed E-state index contributed by atoms with van der Waals surface area (Å²) in [5, 5.41) is 6.27. The second kappa shape index (κ2) is 9.51. The Labute approximate surface area is 138 Å². The fraction of sp³-hybridized carbons (Fsp3) is 0.714. The smallest absolute Gasteiger partial charge is 0.216 e. The van der Waals surface area contributed by atoms with Crippen molar-refractivity contribution in [2.24, 2.45) is 4.99 Å². The highest BCUT2D eigenvalue weighted by Gasteiger charge is 2.06. The first-order valence-corrected chi connectivity index (χ1v) is 9.45. The van der Waals surface area contributed by atoms with Gasteiger partial charge in [0.2, 0.25) is 15.9 Å². The zero-order valence-electron chi connectivity index (χ0n) is 14.3. The Morgan fingerprint density at radius 2 is 1.96 bits per heavy atom. The molecule has 0 spiro atoms. The highest BCUT2D eigenvalue weighted by atomic mass is 32.2. The monoisotopic (exact) mass is 345 g/mol. The zero-order valence-corrected chi connectivity index (χ0v) is 15.1. The van der Waals surface area contributed by atoms with Crippen molar-refractivity contribution in [3.63, 3.8) is 0 Å². The fourth-order valence-electron chi connectivity index (χ4n) is 1.72. The number of aromatic nitrogens is 1. The molecule has 0 bridgehead atoms. The number of hydrogen-bond donors (Lipinski definition) is 3. The van der Waals surface area contributed by atoms with Crippen LogP contribution >= 0.6 is 0 Å². The van der Waals surface area contributed by atoms with Crippen LogP contribution in [0, 0.1) is 13.8 Å². The third kappa shape index (κ3) is 7.47. The molecule has 8 nitrogen and oxygen atoms in total. The van der Waals surface area contributed by atoms with E-state index in [2.05, 4.69) is 25.3 Å². The SMILES string of the molecule is CCNC(=NCc1nc(C)c(C)o1)NCCCNS(=O)(=O)CC. The van der Waals surface area contributed by atoms with Crippen LogP contribution in [-0.2, 0) is 16.6 Å². The summed E-state index contributed by atoms with van der Waals surface area (Å²) in [5.41, 5.74) is 0.872. The number of aliphatic imine (C=N–C) groups is 1. The van der Waals surface area contributed by atoms with Gasteiger partial charge in [-0.05, 0) is 34.1 Å². The van der Waals surface area contributed by atoms with Gasteiger partial charge in [-0.25, -0.2) is 23.1 Å². The third-order valence-electron chi connectivity index (χ3n) is 3.14. The van der Waals surface area contributed by atoms with Gasteiger partial charge in [-0.1, -0.05) is 0 Å². The molecule has 0 atom stereocenters. The summed E-state index contributed by atoms with van der Waals surface area (Å²) in [4.78, 5) is 8.68. The predicted octanol–water partition coefficient (Wildman–Crippen LogP) is 0.676. The molecule has 0 amide bonds. The van der Waals surface area contributed by atoms with Crippen molar-refractivity contribution >= 4 is 16.0 Å². The molecule has 0 aliphatic carbocycles. The topological polar surface area (TPSA) is 109 Å². The molecule has 1 aromatic heterocycles. The first kappa shape index (κ1) is 19.4. The van der Waals surface area contributed by atoms with Crippen LogP contribution in [0.4, 0.5) is 0 Å². The number of nitrogens with one attached hydrogen (secondary N) is 3. The van der Waals surface area contributed by atoms with Crippen LogP contribution in [0.2, 0.25) is 0 Å². The molecule has 0 aliphatic rings. The third-order valence-corrected chi connectivity index (χ3v) is 4.54. The highest BCUT2D eigenvalue weighted by Crippen LogP contribution is 2.08. The summed E-state index contributed by atoms with van der Waals surface area (Å²) in [5.74, 6) is 2.13. The average molecular weight is 345 g/mol. The van der Waals surface area contributed by atoms with Gasteiger partial charge in [0.25, 0.3) is 0 Å². The van der Waals surface area contributed by atoms with Crippen LogP contribution in [0.1, 0.15) is 37.6 Å². The van der Waals surface area contributed by atoms with Gasteiger partial charge in [0.05, 0.1) is 11.4 Å². The van der Waals surface area contributed by atoms with E-state index in [1.54, 1.807) is 6.92 Å². The Bertz CT molecular complexity index is 590. The first-order chi connectivity index (χ1) is 10.9. The van der Waals surface area contributed by atoms with E-state index in [4.69, 9.17) is 4.42 Å². The lowest BCUT2D eigenvalue weighted by Crippen LogP contribution is -2.38. The summed E-state index contributed by atoms with van der Waals surface area (Å²) in [7, 11) is -3.12. The normalized spacial score (nSPS) is 12.4.